The summed E-state index contributed by atoms with van der Waals surface area (Å²) in [4.78, 5) is 7.80. The molecule has 48 valence electrons. The Kier molecular flexibility index (Phi) is 2.30. The Morgan fingerprint density at radius 3 is 2.56 bits per heavy atom. The van der Waals surface area contributed by atoms with Gasteiger partial charge in [-0.25, -0.2) is 9.97 Å². The zero-order valence-electron chi connectivity index (χ0n) is 4.84. The van der Waals surface area contributed by atoms with E-state index in [0.717, 1.165) is 5.03 Å². The van der Waals surface area contributed by atoms with Gasteiger partial charge in [-0.1, -0.05) is 11.6 Å². The molecule has 0 unspecified atom stereocenters. The maximum atomic E-state index is 5.63. The largest absolute Gasteiger partial charge is 0.245 e. The first-order valence-corrected chi connectivity index (χ1v) is 3.95. The van der Waals surface area contributed by atoms with Gasteiger partial charge in [0.15, 0.2) is 5.15 Å². The van der Waals surface area contributed by atoms with Gasteiger partial charge in [0.1, 0.15) is 5.03 Å². The fourth-order valence-corrected chi connectivity index (χ4v) is 1.17. The minimum atomic E-state index is 0.477. The molecule has 0 radical (unpaired) electrons. The molecule has 0 fully saturated rings. The van der Waals surface area contributed by atoms with Crippen molar-refractivity contribution in [3.8, 4) is 0 Å². The SMILES string of the molecule is CSc1nccnc1Cl. The summed E-state index contributed by atoms with van der Waals surface area (Å²) >= 11 is 7.12. The van der Waals surface area contributed by atoms with Crippen LogP contribution in [0.1, 0.15) is 0 Å². The highest BCUT2D eigenvalue weighted by Gasteiger charge is 1.96. The van der Waals surface area contributed by atoms with Crippen LogP contribution in [0.4, 0.5) is 0 Å². The quantitative estimate of drug-likeness (QED) is 0.587. The molecule has 0 aromatic carbocycles. The van der Waals surface area contributed by atoms with Crippen LogP contribution in [-0.2, 0) is 0 Å². The lowest BCUT2D eigenvalue weighted by molar-refractivity contribution is 1.06. The van der Waals surface area contributed by atoms with Gasteiger partial charge in [0.25, 0.3) is 0 Å². The molecule has 0 saturated carbocycles. The molecule has 2 nitrogen and oxygen atoms in total. The van der Waals surface area contributed by atoms with E-state index in [1.54, 1.807) is 12.4 Å². The second-order valence-electron chi connectivity index (χ2n) is 1.36. The average molecular weight is 161 g/mol. The third kappa shape index (κ3) is 1.56. The van der Waals surface area contributed by atoms with Gasteiger partial charge in [-0.2, -0.15) is 0 Å². The summed E-state index contributed by atoms with van der Waals surface area (Å²) in [5.74, 6) is 0. The van der Waals surface area contributed by atoms with Gasteiger partial charge in [0.2, 0.25) is 0 Å². The summed E-state index contributed by atoms with van der Waals surface area (Å²) < 4.78 is 0. The van der Waals surface area contributed by atoms with Crippen molar-refractivity contribution >= 4 is 23.4 Å². The van der Waals surface area contributed by atoms with E-state index in [4.69, 9.17) is 11.6 Å². The number of aromatic nitrogens is 2. The fourth-order valence-electron chi connectivity index (χ4n) is 0.445. The second-order valence-corrected chi connectivity index (χ2v) is 2.51. The first kappa shape index (κ1) is 6.83. The average Bonchev–Trinajstić information content (AvgIpc) is 1.89. The molecule has 0 saturated heterocycles. The van der Waals surface area contributed by atoms with Crippen molar-refractivity contribution in [3.05, 3.63) is 17.5 Å². The van der Waals surface area contributed by atoms with Crippen LogP contribution in [0.15, 0.2) is 17.4 Å². The summed E-state index contributed by atoms with van der Waals surface area (Å²) in [6, 6.07) is 0. The molecule has 1 aromatic heterocycles. The molecule has 1 aromatic rings. The fraction of sp³-hybridized carbons (Fsp3) is 0.200. The van der Waals surface area contributed by atoms with E-state index in [1.807, 2.05) is 6.26 Å². The van der Waals surface area contributed by atoms with E-state index in [9.17, 15) is 0 Å². The Morgan fingerprint density at radius 1 is 1.44 bits per heavy atom. The van der Waals surface area contributed by atoms with Crippen molar-refractivity contribution < 1.29 is 0 Å². The van der Waals surface area contributed by atoms with Gasteiger partial charge < -0.3 is 0 Å². The molecule has 1 rings (SSSR count). The van der Waals surface area contributed by atoms with Crippen LogP contribution in [0.25, 0.3) is 0 Å². The van der Waals surface area contributed by atoms with Gasteiger partial charge in [-0.05, 0) is 6.26 Å². The smallest absolute Gasteiger partial charge is 0.161 e. The summed E-state index contributed by atoms with van der Waals surface area (Å²) in [7, 11) is 0. The van der Waals surface area contributed by atoms with Crippen molar-refractivity contribution in [2.45, 2.75) is 5.03 Å². The van der Waals surface area contributed by atoms with Crippen molar-refractivity contribution in [1.29, 1.82) is 0 Å². The van der Waals surface area contributed by atoms with E-state index in [-0.39, 0.29) is 0 Å². The monoisotopic (exact) mass is 160 g/mol. The van der Waals surface area contributed by atoms with Crippen molar-refractivity contribution in [3.63, 3.8) is 0 Å². The van der Waals surface area contributed by atoms with Gasteiger partial charge in [-0.3, -0.25) is 0 Å². The highest BCUT2D eigenvalue weighted by Crippen LogP contribution is 2.18. The minimum absolute atomic E-state index is 0.477. The van der Waals surface area contributed by atoms with Crippen LogP contribution < -0.4 is 0 Å². The molecular formula is C5H5ClN2S. The lowest BCUT2D eigenvalue weighted by Crippen LogP contribution is -1.81. The molecule has 0 amide bonds. The lowest BCUT2D eigenvalue weighted by Gasteiger charge is -1.93. The van der Waals surface area contributed by atoms with Gasteiger partial charge in [0.05, 0.1) is 0 Å². The summed E-state index contributed by atoms with van der Waals surface area (Å²) in [6.45, 7) is 0. The van der Waals surface area contributed by atoms with Gasteiger partial charge in [0, 0.05) is 12.4 Å². The topological polar surface area (TPSA) is 25.8 Å². The third-order valence-corrected chi connectivity index (χ3v) is 1.89. The number of hydrogen-bond donors (Lipinski definition) is 0. The molecule has 9 heavy (non-hydrogen) atoms. The Hall–Kier alpha value is -0.280. The zero-order chi connectivity index (χ0) is 6.69. The molecule has 0 aliphatic rings. The van der Waals surface area contributed by atoms with Crippen LogP contribution in [0, 0.1) is 0 Å². The Morgan fingerprint density at radius 2 is 2.11 bits per heavy atom. The standard InChI is InChI=1S/C5H5ClN2S/c1-9-5-4(6)7-2-3-8-5/h2-3H,1H3. The van der Waals surface area contributed by atoms with Gasteiger partial charge >= 0.3 is 0 Å². The maximum Gasteiger partial charge on any atom is 0.161 e. The van der Waals surface area contributed by atoms with E-state index in [2.05, 4.69) is 9.97 Å². The minimum Gasteiger partial charge on any atom is -0.245 e. The molecule has 0 atom stereocenters. The lowest BCUT2D eigenvalue weighted by atomic mass is 10.8. The van der Waals surface area contributed by atoms with Crippen molar-refractivity contribution in [2.24, 2.45) is 0 Å². The number of nitrogens with zero attached hydrogens (tertiary/aromatic N) is 2. The van der Waals surface area contributed by atoms with Gasteiger partial charge in [-0.15, -0.1) is 11.8 Å². The third-order valence-electron chi connectivity index (χ3n) is 0.816. The Balaban J connectivity index is 3.01. The highest BCUT2D eigenvalue weighted by molar-refractivity contribution is 7.98. The molecule has 0 aliphatic heterocycles. The summed E-state index contributed by atoms with van der Waals surface area (Å²) in [6.07, 6.45) is 5.11. The second kappa shape index (κ2) is 3.03. The van der Waals surface area contributed by atoms with Crippen molar-refractivity contribution in [1.82, 2.24) is 9.97 Å². The molecule has 0 bridgehead atoms. The molecule has 0 spiro atoms. The molecule has 1 heterocycles. The van der Waals surface area contributed by atoms with E-state index >= 15 is 0 Å². The number of thioether (sulfide) groups is 1. The Bertz CT molecular complexity index is 204. The highest BCUT2D eigenvalue weighted by atomic mass is 35.5. The van der Waals surface area contributed by atoms with Crippen molar-refractivity contribution in [2.75, 3.05) is 6.26 Å². The van der Waals surface area contributed by atoms with E-state index < -0.39 is 0 Å². The van der Waals surface area contributed by atoms with E-state index in [1.165, 1.54) is 11.8 Å². The summed E-state index contributed by atoms with van der Waals surface area (Å²) in [5.41, 5.74) is 0. The zero-order valence-corrected chi connectivity index (χ0v) is 6.41. The van der Waals surface area contributed by atoms with Crippen LogP contribution in [-0.4, -0.2) is 16.2 Å². The number of halogens is 1. The normalized spacial score (nSPS) is 9.56. The predicted molar refractivity (Wildman–Crippen MR) is 38.8 cm³/mol. The maximum absolute atomic E-state index is 5.63. The Labute approximate surface area is 62.7 Å². The van der Waals surface area contributed by atoms with Crippen LogP contribution >= 0.6 is 23.4 Å². The number of rotatable bonds is 1. The molecule has 0 N–H and O–H groups in total. The molecular weight excluding hydrogens is 156 g/mol. The molecule has 0 aliphatic carbocycles. The number of hydrogen-bond acceptors (Lipinski definition) is 3. The van der Waals surface area contributed by atoms with Crippen LogP contribution in [0.2, 0.25) is 5.15 Å². The first-order chi connectivity index (χ1) is 4.34. The van der Waals surface area contributed by atoms with Crippen LogP contribution in [0.3, 0.4) is 0 Å². The summed E-state index contributed by atoms with van der Waals surface area (Å²) in [5, 5.41) is 1.25. The van der Waals surface area contributed by atoms with Crippen LogP contribution in [0.5, 0.6) is 0 Å². The molecule has 4 heteroatoms. The first-order valence-electron chi connectivity index (χ1n) is 2.35. The predicted octanol–water partition coefficient (Wildman–Crippen LogP) is 1.85. The van der Waals surface area contributed by atoms with E-state index in [0.29, 0.717) is 5.15 Å².